The van der Waals surface area contributed by atoms with Crippen LogP contribution in [0, 0.1) is 11.3 Å². The Morgan fingerprint density at radius 3 is 2.64 bits per heavy atom. The smallest absolute Gasteiger partial charge is 0.341 e. The third kappa shape index (κ3) is 3.12. The molecular weight excluding hydrogens is 286 g/mol. The highest BCUT2D eigenvalue weighted by atomic mass is 16.5. The number of hydrogen-bond donors (Lipinski definition) is 1. The molecule has 0 aliphatic rings. The second-order valence-electron chi connectivity index (χ2n) is 4.33. The number of hydrogen-bond acceptors (Lipinski definition) is 5. The molecule has 0 amide bonds. The number of aromatic carboxylic acids is 1. The lowest BCUT2D eigenvalue weighted by Crippen LogP contribution is -2.28. The van der Waals surface area contributed by atoms with Crippen LogP contribution in [0.4, 0.5) is 0 Å². The number of ether oxygens (including phenoxy) is 1. The summed E-state index contributed by atoms with van der Waals surface area (Å²) in [5.74, 6) is -0.679. The monoisotopic (exact) mass is 299 g/mol. The average molecular weight is 299 g/mol. The number of aromatic nitrogens is 2. The van der Waals surface area contributed by atoms with Gasteiger partial charge in [-0.05, 0) is 37.3 Å². The number of rotatable bonds is 5. The molecular formula is C15H13N3O4. The fraction of sp³-hybridized carbons (Fsp3) is 0.200. The molecule has 1 heterocycles. The first-order valence-electron chi connectivity index (χ1n) is 6.52. The zero-order valence-electron chi connectivity index (χ0n) is 11.8. The van der Waals surface area contributed by atoms with Gasteiger partial charge < -0.3 is 9.84 Å². The van der Waals surface area contributed by atoms with Crippen molar-refractivity contribution in [3.05, 3.63) is 46.2 Å². The molecule has 0 fully saturated rings. The van der Waals surface area contributed by atoms with Crippen molar-refractivity contribution >= 4 is 5.97 Å². The van der Waals surface area contributed by atoms with Crippen molar-refractivity contribution in [3.63, 3.8) is 0 Å². The van der Waals surface area contributed by atoms with E-state index in [0.717, 1.165) is 4.68 Å². The molecule has 7 nitrogen and oxygen atoms in total. The lowest BCUT2D eigenvalue weighted by atomic mass is 10.1. The van der Waals surface area contributed by atoms with Crippen molar-refractivity contribution in [2.45, 2.75) is 13.5 Å². The van der Waals surface area contributed by atoms with Gasteiger partial charge in [-0.3, -0.25) is 4.79 Å². The highest BCUT2D eigenvalue weighted by Crippen LogP contribution is 2.20. The largest absolute Gasteiger partial charge is 0.494 e. The Bertz CT molecular complexity index is 788. The van der Waals surface area contributed by atoms with E-state index in [-0.39, 0.29) is 6.54 Å². The van der Waals surface area contributed by atoms with Crippen LogP contribution < -0.4 is 10.3 Å². The van der Waals surface area contributed by atoms with Gasteiger partial charge in [0.15, 0.2) is 0 Å². The zero-order chi connectivity index (χ0) is 16.1. The van der Waals surface area contributed by atoms with Gasteiger partial charge in [-0.15, -0.1) is 0 Å². The van der Waals surface area contributed by atoms with E-state index in [9.17, 15) is 9.59 Å². The van der Waals surface area contributed by atoms with Crippen molar-refractivity contribution in [2.24, 2.45) is 0 Å². The molecule has 7 heteroatoms. The van der Waals surface area contributed by atoms with Gasteiger partial charge in [0.2, 0.25) is 0 Å². The normalized spacial score (nSPS) is 10.0. The third-order valence-electron chi connectivity index (χ3n) is 2.89. The SMILES string of the molecule is CCOc1ccc(-c2cc(C(=O)O)c(=O)n(CC#N)n2)cc1. The lowest BCUT2D eigenvalue weighted by molar-refractivity contribution is 0.0694. The number of benzene rings is 1. The number of nitriles is 1. The van der Waals surface area contributed by atoms with Crippen LogP contribution in [0.5, 0.6) is 5.75 Å². The van der Waals surface area contributed by atoms with Crippen LogP contribution in [-0.2, 0) is 6.54 Å². The first-order valence-corrected chi connectivity index (χ1v) is 6.52. The minimum atomic E-state index is -1.36. The highest BCUT2D eigenvalue weighted by Gasteiger charge is 2.15. The average Bonchev–Trinajstić information content (AvgIpc) is 2.50. The Hall–Kier alpha value is -3.14. The zero-order valence-corrected chi connectivity index (χ0v) is 11.8. The maximum absolute atomic E-state index is 11.9. The Morgan fingerprint density at radius 2 is 2.09 bits per heavy atom. The molecule has 112 valence electrons. The summed E-state index contributed by atoms with van der Waals surface area (Å²) >= 11 is 0. The van der Waals surface area contributed by atoms with E-state index in [4.69, 9.17) is 15.1 Å². The minimum Gasteiger partial charge on any atom is -0.494 e. The molecule has 0 aliphatic heterocycles. The second-order valence-corrected chi connectivity index (χ2v) is 4.33. The molecule has 22 heavy (non-hydrogen) atoms. The molecule has 0 radical (unpaired) electrons. The summed E-state index contributed by atoms with van der Waals surface area (Å²) in [5, 5.41) is 21.8. The van der Waals surface area contributed by atoms with Gasteiger partial charge in [-0.1, -0.05) is 0 Å². The molecule has 0 spiro atoms. The first kappa shape index (κ1) is 15.3. The number of carboxylic acids is 1. The Labute approximate surface area is 126 Å². The van der Waals surface area contributed by atoms with E-state index in [0.29, 0.717) is 23.6 Å². The maximum atomic E-state index is 11.9. The molecule has 1 N–H and O–H groups in total. The Morgan fingerprint density at radius 1 is 1.41 bits per heavy atom. The van der Waals surface area contributed by atoms with Crippen LogP contribution in [0.3, 0.4) is 0 Å². The van der Waals surface area contributed by atoms with Gasteiger partial charge in [0.25, 0.3) is 5.56 Å². The van der Waals surface area contributed by atoms with Crippen LogP contribution in [0.15, 0.2) is 35.1 Å². The van der Waals surface area contributed by atoms with Gasteiger partial charge in [0.05, 0.1) is 18.4 Å². The van der Waals surface area contributed by atoms with Crippen LogP contribution in [0.2, 0.25) is 0 Å². The van der Waals surface area contributed by atoms with Crippen molar-refractivity contribution < 1.29 is 14.6 Å². The molecule has 0 aliphatic carbocycles. The van der Waals surface area contributed by atoms with E-state index in [1.165, 1.54) is 6.07 Å². The first-order chi connectivity index (χ1) is 10.6. The van der Waals surface area contributed by atoms with Crippen LogP contribution in [0.25, 0.3) is 11.3 Å². The third-order valence-corrected chi connectivity index (χ3v) is 2.89. The van der Waals surface area contributed by atoms with Crippen LogP contribution >= 0.6 is 0 Å². The quantitative estimate of drug-likeness (QED) is 0.897. The molecule has 0 bridgehead atoms. The minimum absolute atomic E-state index is 0.301. The molecule has 2 rings (SSSR count). The van der Waals surface area contributed by atoms with Gasteiger partial charge in [0.1, 0.15) is 17.9 Å². The van der Waals surface area contributed by atoms with Crippen molar-refractivity contribution in [3.8, 4) is 23.1 Å². The predicted octanol–water partition coefficient (Wildman–Crippen LogP) is 1.53. The molecule has 0 saturated heterocycles. The van der Waals surface area contributed by atoms with Gasteiger partial charge in [-0.25, -0.2) is 9.48 Å². The van der Waals surface area contributed by atoms with Gasteiger partial charge in [0, 0.05) is 5.56 Å². The molecule has 2 aromatic rings. The summed E-state index contributed by atoms with van der Waals surface area (Å²) < 4.78 is 6.17. The van der Waals surface area contributed by atoms with Crippen molar-refractivity contribution in [1.29, 1.82) is 5.26 Å². The van der Waals surface area contributed by atoms with E-state index < -0.39 is 17.1 Å². The van der Waals surface area contributed by atoms with Crippen molar-refractivity contribution in [2.75, 3.05) is 6.61 Å². The topological polar surface area (TPSA) is 105 Å². The van der Waals surface area contributed by atoms with Crippen molar-refractivity contribution in [1.82, 2.24) is 9.78 Å². The maximum Gasteiger partial charge on any atom is 0.341 e. The summed E-state index contributed by atoms with van der Waals surface area (Å²) in [6.45, 7) is 2.09. The summed E-state index contributed by atoms with van der Waals surface area (Å²) in [6, 6.07) is 9.85. The van der Waals surface area contributed by atoms with E-state index in [1.807, 2.05) is 6.92 Å². The van der Waals surface area contributed by atoms with E-state index in [1.54, 1.807) is 30.3 Å². The van der Waals surface area contributed by atoms with E-state index in [2.05, 4.69) is 5.10 Å². The summed E-state index contributed by atoms with van der Waals surface area (Å²) in [5.41, 5.74) is -0.300. The molecule has 0 unspecified atom stereocenters. The second kappa shape index (κ2) is 6.54. The van der Waals surface area contributed by atoms with Gasteiger partial charge >= 0.3 is 5.97 Å². The number of carbonyl (C=O) groups is 1. The van der Waals surface area contributed by atoms with E-state index >= 15 is 0 Å². The summed E-state index contributed by atoms with van der Waals surface area (Å²) in [6.07, 6.45) is 0. The summed E-state index contributed by atoms with van der Waals surface area (Å²) in [7, 11) is 0. The highest BCUT2D eigenvalue weighted by molar-refractivity contribution is 5.88. The van der Waals surface area contributed by atoms with Crippen LogP contribution in [0.1, 0.15) is 17.3 Å². The standard InChI is InChI=1S/C15H13N3O4/c1-2-22-11-5-3-10(4-6-11)13-9-12(15(20)21)14(19)18(17-13)8-7-16/h3-6,9H,2,8H2,1H3,(H,20,21). The predicted molar refractivity (Wildman–Crippen MR) is 77.7 cm³/mol. The summed E-state index contributed by atoms with van der Waals surface area (Å²) in [4.78, 5) is 23.0. The van der Waals surface area contributed by atoms with Crippen LogP contribution in [-0.4, -0.2) is 27.5 Å². The lowest BCUT2D eigenvalue weighted by Gasteiger charge is -2.08. The fourth-order valence-electron chi connectivity index (χ4n) is 1.90. The molecule has 0 atom stereocenters. The number of carboxylic acid groups (broad SMARTS) is 1. The molecule has 1 aromatic carbocycles. The fourth-order valence-corrected chi connectivity index (χ4v) is 1.90. The van der Waals surface area contributed by atoms with Gasteiger partial charge in [-0.2, -0.15) is 10.4 Å². The molecule has 0 saturated carbocycles. The Balaban J connectivity index is 2.52. The number of nitrogens with zero attached hydrogens (tertiary/aromatic N) is 3. The Kier molecular flexibility index (Phi) is 4.53. The molecule has 1 aromatic heterocycles.